The molecule has 0 spiro atoms. The molecular formula is C22H19FN6O4. The van der Waals surface area contributed by atoms with E-state index in [1.165, 1.54) is 17.0 Å². The van der Waals surface area contributed by atoms with E-state index in [2.05, 4.69) is 15.2 Å². The van der Waals surface area contributed by atoms with Gasteiger partial charge >= 0.3 is 17.5 Å². The van der Waals surface area contributed by atoms with Crippen molar-refractivity contribution in [3.63, 3.8) is 0 Å². The SMILES string of the molecule is CCn1c(=O)c(-c2noc(C(=O)N(C)Cc3ccccc3)n2)nn(-c2ccc(F)cc2)c1=O. The molecule has 0 aliphatic rings. The summed E-state index contributed by atoms with van der Waals surface area (Å²) in [5.41, 5.74) is -0.577. The van der Waals surface area contributed by atoms with Crippen molar-refractivity contribution in [1.29, 1.82) is 0 Å². The second-order valence-electron chi connectivity index (χ2n) is 7.14. The van der Waals surface area contributed by atoms with Gasteiger partial charge in [0.1, 0.15) is 5.82 Å². The van der Waals surface area contributed by atoms with Crippen LogP contribution in [0.2, 0.25) is 0 Å². The number of nitrogens with zero attached hydrogens (tertiary/aromatic N) is 6. The zero-order valence-corrected chi connectivity index (χ0v) is 17.8. The molecule has 2 heterocycles. The number of rotatable bonds is 6. The molecular weight excluding hydrogens is 431 g/mol. The number of carbonyl (C=O) groups is 1. The van der Waals surface area contributed by atoms with Gasteiger partial charge in [-0.15, -0.1) is 0 Å². The molecule has 0 unspecified atom stereocenters. The van der Waals surface area contributed by atoms with Crippen LogP contribution in [-0.2, 0) is 13.1 Å². The molecule has 0 aliphatic heterocycles. The third kappa shape index (κ3) is 4.33. The van der Waals surface area contributed by atoms with Gasteiger partial charge in [-0.05, 0) is 36.8 Å². The quantitative estimate of drug-likeness (QED) is 0.440. The Morgan fingerprint density at radius 2 is 1.79 bits per heavy atom. The molecule has 0 atom stereocenters. The van der Waals surface area contributed by atoms with Crippen molar-refractivity contribution >= 4 is 5.91 Å². The number of benzene rings is 2. The monoisotopic (exact) mass is 450 g/mol. The van der Waals surface area contributed by atoms with E-state index in [-0.39, 0.29) is 29.6 Å². The summed E-state index contributed by atoms with van der Waals surface area (Å²) in [6.45, 7) is 1.98. The first-order valence-corrected chi connectivity index (χ1v) is 10.0. The van der Waals surface area contributed by atoms with Crippen LogP contribution in [-0.4, -0.2) is 42.3 Å². The highest BCUT2D eigenvalue weighted by Crippen LogP contribution is 2.13. The Morgan fingerprint density at radius 3 is 2.45 bits per heavy atom. The Balaban J connectivity index is 1.70. The zero-order valence-electron chi connectivity index (χ0n) is 17.8. The van der Waals surface area contributed by atoms with E-state index in [0.717, 1.165) is 26.9 Å². The molecule has 4 rings (SSSR count). The summed E-state index contributed by atoms with van der Waals surface area (Å²) in [6.07, 6.45) is 0. The molecule has 1 amide bonds. The smallest absolute Gasteiger partial charge is 0.333 e. The number of aromatic nitrogens is 5. The van der Waals surface area contributed by atoms with Crippen molar-refractivity contribution in [2.75, 3.05) is 7.05 Å². The predicted octanol–water partition coefficient (Wildman–Crippen LogP) is 1.88. The molecule has 0 aliphatic carbocycles. The van der Waals surface area contributed by atoms with Crippen LogP contribution in [0.1, 0.15) is 23.2 Å². The van der Waals surface area contributed by atoms with Crippen LogP contribution >= 0.6 is 0 Å². The predicted molar refractivity (Wildman–Crippen MR) is 115 cm³/mol. The van der Waals surface area contributed by atoms with E-state index in [4.69, 9.17) is 4.52 Å². The van der Waals surface area contributed by atoms with Gasteiger partial charge in [0.05, 0.1) is 5.69 Å². The van der Waals surface area contributed by atoms with E-state index < -0.39 is 23.0 Å². The Labute approximate surface area is 186 Å². The van der Waals surface area contributed by atoms with E-state index in [1.54, 1.807) is 14.0 Å². The minimum Gasteiger partial charge on any atom is -0.333 e. The lowest BCUT2D eigenvalue weighted by Gasteiger charge is -2.14. The summed E-state index contributed by atoms with van der Waals surface area (Å²) in [4.78, 5) is 43.7. The van der Waals surface area contributed by atoms with Crippen LogP contribution < -0.4 is 11.2 Å². The van der Waals surface area contributed by atoms with Gasteiger partial charge in [-0.2, -0.15) is 14.8 Å². The Hall–Kier alpha value is -4.41. The largest absolute Gasteiger partial charge is 0.352 e. The summed E-state index contributed by atoms with van der Waals surface area (Å²) in [7, 11) is 1.58. The van der Waals surface area contributed by atoms with Gasteiger partial charge in [-0.1, -0.05) is 35.5 Å². The summed E-state index contributed by atoms with van der Waals surface area (Å²) in [5, 5.41) is 7.80. The standard InChI is InChI=1S/C22H19FN6O4/c1-3-28-20(30)17(25-29(22(28)32)16-11-9-15(23)10-12-16)18-24-19(33-26-18)21(31)27(2)13-14-7-5-4-6-8-14/h4-12H,3,13H2,1-2H3. The number of halogens is 1. The van der Waals surface area contributed by atoms with Crippen molar-refractivity contribution in [1.82, 2.24) is 29.4 Å². The highest BCUT2D eigenvalue weighted by molar-refractivity contribution is 5.89. The minimum absolute atomic E-state index is 0.0534. The Kier molecular flexibility index (Phi) is 5.94. The summed E-state index contributed by atoms with van der Waals surface area (Å²) >= 11 is 0. The highest BCUT2D eigenvalue weighted by Gasteiger charge is 2.24. The van der Waals surface area contributed by atoms with E-state index in [9.17, 15) is 18.8 Å². The Bertz CT molecular complexity index is 1410. The zero-order chi connectivity index (χ0) is 23.5. The van der Waals surface area contributed by atoms with Gasteiger partial charge in [0.15, 0.2) is 5.69 Å². The normalized spacial score (nSPS) is 10.9. The molecule has 11 heteroatoms. The van der Waals surface area contributed by atoms with Crippen molar-refractivity contribution in [2.45, 2.75) is 20.0 Å². The van der Waals surface area contributed by atoms with Gasteiger partial charge in [0.2, 0.25) is 5.82 Å². The molecule has 4 aromatic rings. The van der Waals surface area contributed by atoms with Crippen LogP contribution in [0.5, 0.6) is 0 Å². The summed E-state index contributed by atoms with van der Waals surface area (Å²) in [6, 6.07) is 14.4. The molecule has 0 saturated heterocycles. The topological polar surface area (TPSA) is 116 Å². The van der Waals surface area contributed by atoms with E-state index in [1.807, 2.05) is 30.3 Å². The third-order valence-corrected chi connectivity index (χ3v) is 4.88. The molecule has 0 fully saturated rings. The fraction of sp³-hybridized carbons (Fsp3) is 0.182. The fourth-order valence-electron chi connectivity index (χ4n) is 3.18. The average molecular weight is 450 g/mol. The first kappa shape index (κ1) is 21.8. The maximum Gasteiger partial charge on any atom is 0.352 e. The summed E-state index contributed by atoms with van der Waals surface area (Å²) in [5.74, 6) is -1.60. The van der Waals surface area contributed by atoms with E-state index >= 15 is 0 Å². The highest BCUT2D eigenvalue weighted by atomic mass is 19.1. The maximum atomic E-state index is 13.3. The summed E-state index contributed by atoms with van der Waals surface area (Å²) < 4.78 is 20.3. The van der Waals surface area contributed by atoms with E-state index in [0.29, 0.717) is 6.54 Å². The molecule has 168 valence electrons. The van der Waals surface area contributed by atoms with Crippen LogP contribution in [0.3, 0.4) is 0 Å². The number of amides is 1. The van der Waals surface area contributed by atoms with Crippen LogP contribution in [0.15, 0.2) is 68.7 Å². The molecule has 0 N–H and O–H groups in total. The average Bonchev–Trinajstić information content (AvgIpc) is 3.30. The van der Waals surface area contributed by atoms with Gasteiger partial charge < -0.3 is 9.42 Å². The number of carbonyl (C=O) groups excluding carboxylic acids is 1. The molecule has 0 radical (unpaired) electrons. The van der Waals surface area contributed by atoms with Crippen LogP contribution in [0.25, 0.3) is 17.2 Å². The maximum absolute atomic E-state index is 13.3. The van der Waals surface area contributed by atoms with Crippen molar-refractivity contribution < 1.29 is 13.7 Å². The second kappa shape index (κ2) is 8.99. The number of hydrogen-bond acceptors (Lipinski definition) is 7. The molecule has 33 heavy (non-hydrogen) atoms. The van der Waals surface area contributed by atoms with Gasteiger partial charge in [0, 0.05) is 20.1 Å². The van der Waals surface area contributed by atoms with Crippen molar-refractivity contribution in [3.05, 3.63) is 92.7 Å². The molecule has 10 nitrogen and oxygen atoms in total. The third-order valence-electron chi connectivity index (χ3n) is 4.88. The molecule has 2 aromatic carbocycles. The lowest BCUT2D eigenvalue weighted by atomic mass is 10.2. The van der Waals surface area contributed by atoms with Crippen LogP contribution in [0, 0.1) is 5.82 Å². The van der Waals surface area contributed by atoms with Gasteiger partial charge in [-0.3, -0.25) is 14.2 Å². The Morgan fingerprint density at radius 1 is 1.09 bits per heavy atom. The minimum atomic E-state index is -0.738. The molecule has 0 saturated carbocycles. The first-order valence-electron chi connectivity index (χ1n) is 10.0. The van der Waals surface area contributed by atoms with Crippen molar-refractivity contribution in [2.24, 2.45) is 0 Å². The lowest BCUT2D eigenvalue weighted by molar-refractivity contribution is 0.0735. The van der Waals surface area contributed by atoms with Gasteiger partial charge in [0.25, 0.3) is 5.56 Å². The first-order chi connectivity index (χ1) is 15.9. The molecule has 2 aromatic heterocycles. The van der Waals surface area contributed by atoms with Crippen molar-refractivity contribution in [3.8, 4) is 17.2 Å². The molecule has 0 bridgehead atoms. The number of hydrogen-bond donors (Lipinski definition) is 0. The van der Waals surface area contributed by atoms with Gasteiger partial charge in [-0.25, -0.2) is 9.18 Å². The second-order valence-corrected chi connectivity index (χ2v) is 7.14. The van der Waals surface area contributed by atoms with Crippen LogP contribution in [0.4, 0.5) is 4.39 Å². The lowest BCUT2D eigenvalue weighted by Crippen LogP contribution is -2.41. The fourth-order valence-corrected chi connectivity index (χ4v) is 3.18.